The quantitative estimate of drug-likeness (QED) is 0.0533. The average molecular weight is 1070 g/mol. The van der Waals surface area contributed by atoms with Gasteiger partial charge < -0.3 is 75.5 Å². The topological polar surface area (TPSA) is 420 Å². The lowest BCUT2D eigenvalue weighted by molar-refractivity contribution is -0.137. The van der Waals surface area contributed by atoms with E-state index in [2.05, 4.69) is 37.2 Å². The Morgan fingerprint density at radius 1 is 0.697 bits per heavy atom. The van der Waals surface area contributed by atoms with E-state index in [0.717, 1.165) is 0 Å². The first kappa shape index (κ1) is 64.7. The van der Waals surface area contributed by atoms with Crippen LogP contribution in [0.5, 0.6) is 0 Å². The number of ketones is 4. The molecule has 426 valence electrons. The Labute approximate surface area is 444 Å². The van der Waals surface area contributed by atoms with Crippen molar-refractivity contribution in [2.24, 2.45) is 52.5 Å². The van der Waals surface area contributed by atoms with Gasteiger partial charge in [0, 0.05) is 50.6 Å². The third-order valence-corrected chi connectivity index (χ3v) is 13.8. The molecule has 2 unspecified atom stereocenters. The van der Waals surface area contributed by atoms with Crippen LogP contribution in [0.2, 0.25) is 0 Å². The monoisotopic (exact) mass is 1070 g/mol. The van der Waals surface area contributed by atoms with Crippen molar-refractivity contribution in [3.8, 4) is 0 Å². The lowest BCUT2D eigenvalue weighted by atomic mass is 9.89. The predicted molar refractivity (Wildman–Crippen MR) is 280 cm³/mol. The number of rotatable bonds is 22. The summed E-state index contributed by atoms with van der Waals surface area (Å²) in [6, 6.07) is 1.61. The number of benzene rings is 1. The van der Waals surface area contributed by atoms with Crippen LogP contribution >= 0.6 is 0 Å². The standard InChI is InChI=1S/C52H85N11O13/c1-28(2)20-42-52(76)62-40(13-18-56)51(75)61-39(12-17-55)45(69)25-35(29(3)64)49(73)57-19-14-32(47(71)59-37(10-15-53)44(68)23-33(48(72)63-42)21-31-8-6-5-7-9-31)22-43(67)38(11-16-54)60-50(74)36(30(4)65)26-46(70)41-24-34(66)27-58-41/h5-9,28-30,32-42,58,64-66H,10-27,53-56H2,1-4H3,(H,57,73)(H,59,71)(H,60,74)(H,61,75)(H,62,76)(H,63,72)/t29?,30?,32-,33+,34-,35+,36+,37+,38+,39+,40+,41+,42+/m1/s1. The highest BCUT2D eigenvalue weighted by atomic mass is 16.3. The largest absolute Gasteiger partial charge is 0.393 e. The van der Waals surface area contributed by atoms with E-state index in [0.29, 0.717) is 5.56 Å². The van der Waals surface area contributed by atoms with Gasteiger partial charge in [-0.3, -0.25) is 47.9 Å². The SMILES string of the molecule is CC(C)C[C@@H]1NC(=O)[C@@H](Cc2ccccc2)CC(=O)[C@H](CCN)NC(=O)[C@@H](CC(=O)[C@H](CCN)NC(=O)[C@@H](CC(=O)[C@@H]2C[C@@H](O)CN2)C(C)O)CCNC(=O)[C@H](C(C)O)CC(=O)[C@H](CCN)NC(=O)[C@H](CCN)NC1=O. The van der Waals surface area contributed by atoms with Crippen LogP contribution in [0.3, 0.4) is 0 Å². The third-order valence-electron chi connectivity index (χ3n) is 13.8. The highest BCUT2D eigenvalue weighted by Gasteiger charge is 2.38. The molecule has 2 aliphatic rings. The highest BCUT2D eigenvalue weighted by molar-refractivity contribution is 5.99. The molecule has 0 aromatic heterocycles. The number of amides is 6. The van der Waals surface area contributed by atoms with Crippen LogP contribution in [0.25, 0.3) is 0 Å². The maximum absolute atomic E-state index is 14.5. The molecule has 2 saturated heterocycles. The van der Waals surface area contributed by atoms with E-state index in [1.807, 2.05) is 13.8 Å². The van der Waals surface area contributed by atoms with Crippen molar-refractivity contribution < 1.29 is 63.3 Å². The predicted octanol–water partition coefficient (Wildman–Crippen LogP) is -3.60. The van der Waals surface area contributed by atoms with Crippen molar-refractivity contribution in [2.75, 3.05) is 39.3 Å². The Balaban J connectivity index is 2.10. The number of β-amino-alcohol motifs (C(OH)–C–C–N with tert-alkyl or cyclic N) is 1. The molecule has 0 saturated carbocycles. The number of carbonyl (C=O) groups is 10. The molecule has 13 atom stereocenters. The Kier molecular flexibility index (Phi) is 28.0. The molecule has 24 heteroatoms. The summed E-state index contributed by atoms with van der Waals surface area (Å²) in [5.41, 5.74) is 24.3. The van der Waals surface area contributed by atoms with Gasteiger partial charge in [-0.2, -0.15) is 0 Å². The zero-order valence-corrected chi connectivity index (χ0v) is 44.4. The van der Waals surface area contributed by atoms with E-state index in [4.69, 9.17) is 22.9 Å². The molecule has 0 spiro atoms. The summed E-state index contributed by atoms with van der Waals surface area (Å²) in [7, 11) is 0. The first-order chi connectivity index (χ1) is 36.0. The van der Waals surface area contributed by atoms with Crippen LogP contribution in [0.4, 0.5) is 0 Å². The fourth-order valence-electron chi connectivity index (χ4n) is 9.38. The number of aliphatic hydroxyl groups excluding tert-OH is 3. The normalized spacial score (nSPS) is 26.7. The van der Waals surface area contributed by atoms with Crippen molar-refractivity contribution in [1.29, 1.82) is 0 Å². The lowest BCUT2D eigenvalue weighted by Crippen LogP contribution is -2.57. The van der Waals surface area contributed by atoms with Gasteiger partial charge in [-0.1, -0.05) is 44.2 Å². The van der Waals surface area contributed by atoms with E-state index in [1.54, 1.807) is 30.3 Å². The Morgan fingerprint density at radius 2 is 1.25 bits per heavy atom. The number of hydrogen-bond donors (Lipinski definition) is 14. The van der Waals surface area contributed by atoms with Gasteiger partial charge in [0.15, 0.2) is 23.1 Å². The van der Waals surface area contributed by atoms with Gasteiger partial charge in [0.05, 0.1) is 54.3 Å². The average Bonchev–Trinajstić information content (AvgIpc) is 3.81. The molecule has 0 bridgehead atoms. The number of nitrogens with one attached hydrogen (secondary N) is 7. The molecule has 2 aliphatic heterocycles. The van der Waals surface area contributed by atoms with E-state index in [1.165, 1.54) is 13.8 Å². The summed E-state index contributed by atoms with van der Waals surface area (Å²) in [6.07, 6.45) is -6.00. The molecular formula is C52H85N11O13. The molecule has 0 radical (unpaired) electrons. The first-order valence-electron chi connectivity index (χ1n) is 26.6. The second-order valence-electron chi connectivity index (χ2n) is 20.6. The van der Waals surface area contributed by atoms with Crippen LogP contribution in [-0.4, -0.2) is 168 Å². The van der Waals surface area contributed by atoms with Crippen molar-refractivity contribution in [2.45, 2.75) is 159 Å². The maximum atomic E-state index is 14.5. The third kappa shape index (κ3) is 21.1. The van der Waals surface area contributed by atoms with Crippen LogP contribution in [0.1, 0.15) is 104 Å². The Hall–Kier alpha value is -5.60. The maximum Gasteiger partial charge on any atom is 0.243 e. The van der Waals surface area contributed by atoms with Crippen molar-refractivity contribution in [1.82, 2.24) is 37.2 Å². The van der Waals surface area contributed by atoms with Gasteiger partial charge in [0.25, 0.3) is 0 Å². The molecule has 76 heavy (non-hydrogen) atoms. The van der Waals surface area contributed by atoms with Gasteiger partial charge >= 0.3 is 0 Å². The lowest BCUT2D eigenvalue weighted by Gasteiger charge is -2.28. The molecule has 2 heterocycles. The molecule has 18 N–H and O–H groups in total. The number of hydrogen-bond acceptors (Lipinski definition) is 18. The fraction of sp³-hybridized carbons (Fsp3) is 0.692. The zero-order valence-electron chi connectivity index (χ0n) is 44.4. The summed E-state index contributed by atoms with van der Waals surface area (Å²) >= 11 is 0. The van der Waals surface area contributed by atoms with Gasteiger partial charge in [0.1, 0.15) is 12.1 Å². The van der Waals surface area contributed by atoms with Crippen LogP contribution in [0, 0.1) is 29.6 Å². The van der Waals surface area contributed by atoms with Crippen LogP contribution in [0.15, 0.2) is 30.3 Å². The fourth-order valence-corrected chi connectivity index (χ4v) is 9.38. The number of nitrogens with two attached hydrogens (primary N) is 4. The van der Waals surface area contributed by atoms with Crippen molar-refractivity contribution >= 4 is 58.6 Å². The van der Waals surface area contributed by atoms with Crippen LogP contribution in [-0.2, 0) is 54.4 Å². The first-order valence-corrected chi connectivity index (χ1v) is 26.6. The zero-order chi connectivity index (χ0) is 56.6. The van der Waals surface area contributed by atoms with Crippen LogP contribution < -0.4 is 60.2 Å². The van der Waals surface area contributed by atoms with E-state index >= 15 is 0 Å². The number of aliphatic hydroxyl groups is 3. The second-order valence-corrected chi connectivity index (χ2v) is 20.6. The van der Waals surface area contributed by atoms with Gasteiger partial charge in [-0.05, 0) is 103 Å². The summed E-state index contributed by atoms with van der Waals surface area (Å²) in [5.74, 6) is -12.4. The summed E-state index contributed by atoms with van der Waals surface area (Å²) < 4.78 is 0. The number of carbonyl (C=O) groups excluding carboxylic acids is 10. The smallest absolute Gasteiger partial charge is 0.243 e. The van der Waals surface area contributed by atoms with Gasteiger partial charge in [-0.25, -0.2) is 0 Å². The molecule has 1 aromatic carbocycles. The minimum absolute atomic E-state index is 0.0235. The summed E-state index contributed by atoms with van der Waals surface area (Å²) in [5, 5.41) is 50.2. The van der Waals surface area contributed by atoms with Crippen molar-refractivity contribution in [3.05, 3.63) is 35.9 Å². The molecule has 24 nitrogen and oxygen atoms in total. The number of Topliss-reactive ketones (excluding diaryl/α,β-unsaturated/α-hetero) is 4. The Morgan fingerprint density at radius 3 is 1.80 bits per heavy atom. The molecule has 6 amide bonds. The van der Waals surface area contributed by atoms with E-state index in [-0.39, 0.29) is 96.6 Å². The highest BCUT2D eigenvalue weighted by Crippen LogP contribution is 2.21. The van der Waals surface area contributed by atoms with Gasteiger partial charge in [-0.15, -0.1) is 0 Å². The van der Waals surface area contributed by atoms with Crippen molar-refractivity contribution in [3.63, 3.8) is 0 Å². The summed E-state index contributed by atoms with van der Waals surface area (Å²) in [4.78, 5) is 140. The molecule has 2 fully saturated rings. The van der Waals surface area contributed by atoms with E-state index in [9.17, 15) is 63.3 Å². The molecule has 1 aromatic rings. The molecule has 0 aliphatic carbocycles. The second kappa shape index (κ2) is 32.9. The van der Waals surface area contributed by atoms with E-state index < -0.39 is 162 Å². The minimum Gasteiger partial charge on any atom is -0.393 e. The molecule has 3 rings (SSSR count). The minimum atomic E-state index is -1.41. The Bertz CT molecular complexity index is 2110. The summed E-state index contributed by atoms with van der Waals surface area (Å²) in [6.45, 7) is 5.71. The molecular weight excluding hydrogens is 987 g/mol. The van der Waals surface area contributed by atoms with Gasteiger partial charge in [0.2, 0.25) is 35.4 Å².